The molecule has 0 aliphatic carbocycles. The van der Waals surface area contributed by atoms with Gasteiger partial charge in [-0.05, 0) is 60.0 Å². The van der Waals surface area contributed by atoms with Gasteiger partial charge < -0.3 is 19.3 Å². The summed E-state index contributed by atoms with van der Waals surface area (Å²) in [5.74, 6) is -1.22. The monoisotopic (exact) mass is 624 g/mol. The van der Waals surface area contributed by atoms with Gasteiger partial charge in [0.1, 0.15) is 23.9 Å². The lowest BCUT2D eigenvalue weighted by molar-refractivity contribution is -0.132. The Labute approximate surface area is 262 Å². The van der Waals surface area contributed by atoms with Crippen LogP contribution in [0.5, 0.6) is 17.2 Å². The first kappa shape index (κ1) is 29.8. The van der Waals surface area contributed by atoms with Gasteiger partial charge >= 0.3 is 5.91 Å². The number of aromatic nitrogens is 1. The third-order valence-electron chi connectivity index (χ3n) is 7.31. The third kappa shape index (κ3) is 5.97. The Morgan fingerprint density at radius 1 is 0.956 bits per heavy atom. The summed E-state index contributed by atoms with van der Waals surface area (Å²) >= 11 is 1.07. The van der Waals surface area contributed by atoms with Gasteiger partial charge in [-0.2, -0.15) is 0 Å². The van der Waals surface area contributed by atoms with Crippen LogP contribution in [0, 0.1) is 5.82 Å². The fraction of sp³-hybridized carbons (Fsp3) is 0.171. The highest BCUT2D eigenvalue weighted by atomic mass is 32.1. The minimum absolute atomic E-state index is 0.127. The summed E-state index contributed by atoms with van der Waals surface area (Å²) in [6.45, 7) is 2.76. The van der Waals surface area contributed by atoms with E-state index in [1.54, 1.807) is 42.5 Å². The molecule has 1 saturated heterocycles. The number of hydrogen-bond acceptors (Lipinski definition) is 8. The number of methoxy groups -OCH3 is 1. The van der Waals surface area contributed by atoms with Crippen LogP contribution in [-0.2, 0) is 16.2 Å². The van der Waals surface area contributed by atoms with E-state index < -0.39 is 23.5 Å². The van der Waals surface area contributed by atoms with Crippen LogP contribution >= 0.6 is 11.3 Å². The Hall–Kier alpha value is -5.22. The number of hydrogen-bond donors (Lipinski definition) is 1. The van der Waals surface area contributed by atoms with E-state index in [0.717, 1.165) is 23.3 Å². The normalized spacial score (nSPS) is 15.9. The summed E-state index contributed by atoms with van der Waals surface area (Å²) < 4.78 is 32.0. The first-order chi connectivity index (χ1) is 21.9. The molecule has 45 heavy (non-hydrogen) atoms. The maximum absolute atomic E-state index is 14.0. The number of Topliss-reactive ketones (excluding diaryl/α,β-unsaturated/α-hetero) is 1. The van der Waals surface area contributed by atoms with Crippen molar-refractivity contribution in [3.63, 3.8) is 0 Å². The summed E-state index contributed by atoms with van der Waals surface area (Å²) in [4.78, 5) is 33.2. The van der Waals surface area contributed by atoms with E-state index in [0.29, 0.717) is 51.8 Å². The van der Waals surface area contributed by atoms with Crippen LogP contribution in [0.1, 0.15) is 36.1 Å². The maximum atomic E-state index is 14.0. The number of thiazole rings is 1. The number of amides is 1. The van der Waals surface area contributed by atoms with Crippen molar-refractivity contribution in [3.05, 3.63) is 119 Å². The molecule has 1 aliphatic heterocycles. The van der Waals surface area contributed by atoms with E-state index >= 15 is 0 Å². The molecule has 1 N–H and O–H groups in total. The second-order valence-corrected chi connectivity index (χ2v) is 11.3. The summed E-state index contributed by atoms with van der Waals surface area (Å²) in [6.07, 6.45) is 0.792. The Balaban J connectivity index is 1.47. The van der Waals surface area contributed by atoms with Crippen molar-refractivity contribution < 1.29 is 33.3 Å². The molecule has 0 bridgehead atoms. The molecule has 0 saturated carbocycles. The molecule has 1 unspecified atom stereocenters. The molecule has 0 radical (unpaired) electrons. The lowest BCUT2D eigenvalue weighted by Gasteiger charge is -2.24. The van der Waals surface area contributed by atoms with Crippen molar-refractivity contribution in [2.45, 2.75) is 26.0 Å². The largest absolute Gasteiger partial charge is 0.507 e. The lowest BCUT2D eigenvalue weighted by Crippen LogP contribution is -2.29. The number of carbonyl (C=O) groups is 2. The van der Waals surface area contributed by atoms with Gasteiger partial charge in [-0.3, -0.25) is 14.5 Å². The van der Waals surface area contributed by atoms with E-state index in [9.17, 15) is 19.1 Å². The lowest BCUT2D eigenvalue weighted by atomic mass is 9.95. The second kappa shape index (κ2) is 12.8. The molecule has 1 atom stereocenters. The molecule has 1 amide bonds. The van der Waals surface area contributed by atoms with Crippen LogP contribution in [0.25, 0.3) is 16.0 Å². The number of aliphatic hydroxyl groups is 1. The summed E-state index contributed by atoms with van der Waals surface area (Å²) in [5.41, 5.74) is 2.10. The van der Waals surface area contributed by atoms with Gasteiger partial charge in [0, 0.05) is 5.56 Å². The average molecular weight is 625 g/mol. The molecule has 5 aromatic rings. The molecule has 4 aromatic carbocycles. The smallest absolute Gasteiger partial charge is 0.301 e. The van der Waals surface area contributed by atoms with Crippen molar-refractivity contribution in [3.8, 4) is 17.2 Å². The topological polar surface area (TPSA) is 98.2 Å². The minimum atomic E-state index is -1.08. The Morgan fingerprint density at radius 2 is 1.78 bits per heavy atom. The molecule has 8 nitrogen and oxygen atoms in total. The van der Waals surface area contributed by atoms with Gasteiger partial charge in [0.2, 0.25) is 0 Å². The van der Waals surface area contributed by atoms with Crippen LogP contribution in [0.3, 0.4) is 0 Å². The van der Waals surface area contributed by atoms with Crippen molar-refractivity contribution in [1.29, 1.82) is 0 Å². The van der Waals surface area contributed by atoms with Crippen LogP contribution in [0.2, 0.25) is 0 Å². The molecule has 1 aliphatic rings. The molecule has 10 heteroatoms. The van der Waals surface area contributed by atoms with Gasteiger partial charge in [0.05, 0.1) is 35.5 Å². The van der Waals surface area contributed by atoms with Crippen molar-refractivity contribution >= 4 is 44.1 Å². The number of ketones is 1. The predicted octanol–water partition coefficient (Wildman–Crippen LogP) is 7.44. The molecular formula is C35H29FN2O6S. The number of fused-ring (bicyclic) bond motifs is 1. The van der Waals surface area contributed by atoms with Crippen LogP contribution in [0.4, 0.5) is 9.52 Å². The van der Waals surface area contributed by atoms with E-state index in [-0.39, 0.29) is 16.5 Å². The summed E-state index contributed by atoms with van der Waals surface area (Å²) in [6, 6.07) is 24.5. The van der Waals surface area contributed by atoms with Gasteiger partial charge in [-0.15, -0.1) is 0 Å². The Bertz CT molecular complexity index is 1920. The highest BCUT2D eigenvalue weighted by Gasteiger charge is 2.48. The molecule has 228 valence electrons. The van der Waals surface area contributed by atoms with Crippen LogP contribution in [0.15, 0.2) is 96.6 Å². The van der Waals surface area contributed by atoms with Crippen molar-refractivity contribution in [2.75, 3.05) is 18.6 Å². The summed E-state index contributed by atoms with van der Waals surface area (Å²) in [7, 11) is 1.50. The van der Waals surface area contributed by atoms with E-state index in [1.165, 1.54) is 30.2 Å². The van der Waals surface area contributed by atoms with Gasteiger partial charge in [-0.25, -0.2) is 9.37 Å². The van der Waals surface area contributed by atoms with Crippen molar-refractivity contribution in [1.82, 2.24) is 4.98 Å². The quantitative estimate of drug-likeness (QED) is 0.0980. The van der Waals surface area contributed by atoms with Crippen LogP contribution < -0.4 is 19.1 Å². The Kier molecular flexibility index (Phi) is 8.48. The number of benzene rings is 4. The fourth-order valence-corrected chi connectivity index (χ4v) is 6.17. The van der Waals surface area contributed by atoms with Gasteiger partial charge in [0.25, 0.3) is 5.78 Å². The van der Waals surface area contributed by atoms with E-state index in [2.05, 4.69) is 4.98 Å². The number of nitrogens with zero attached hydrogens (tertiary/aromatic N) is 2. The van der Waals surface area contributed by atoms with Gasteiger partial charge in [0.15, 0.2) is 16.6 Å². The number of ether oxygens (including phenoxy) is 3. The minimum Gasteiger partial charge on any atom is -0.507 e. The number of aliphatic hydroxyl groups excluding tert-OH is 1. The fourth-order valence-electron chi connectivity index (χ4n) is 5.15. The molecule has 1 aromatic heterocycles. The third-order valence-corrected chi connectivity index (χ3v) is 8.33. The first-order valence-electron chi connectivity index (χ1n) is 14.3. The predicted molar refractivity (Wildman–Crippen MR) is 170 cm³/mol. The zero-order valence-corrected chi connectivity index (χ0v) is 25.3. The Morgan fingerprint density at radius 3 is 2.56 bits per heavy atom. The standard InChI is InChI=1S/C35H29FN2O6S/c1-3-16-43-25-11-7-10-23(17-25)32(39)30-31(22-12-15-27(28(18-22)42-2)44-20-21-8-5-4-6-9-21)38(34(41)33(30)40)35-37-26-14-13-24(36)19-29(26)45-35/h4-15,17-19,31,39H,3,16,20H2,1-2H3. The van der Waals surface area contributed by atoms with Crippen LogP contribution in [-0.4, -0.2) is 35.5 Å². The number of rotatable bonds is 10. The second-order valence-electron chi connectivity index (χ2n) is 10.3. The average Bonchev–Trinajstić information content (AvgIpc) is 3.60. The van der Waals surface area contributed by atoms with E-state index in [1.807, 2.05) is 37.3 Å². The summed E-state index contributed by atoms with van der Waals surface area (Å²) in [5, 5.41) is 11.8. The van der Waals surface area contributed by atoms with Gasteiger partial charge in [-0.1, -0.05) is 66.8 Å². The maximum Gasteiger partial charge on any atom is 0.301 e. The highest BCUT2D eigenvalue weighted by Crippen LogP contribution is 2.46. The first-order valence-corrected chi connectivity index (χ1v) is 15.1. The van der Waals surface area contributed by atoms with E-state index in [4.69, 9.17) is 14.2 Å². The number of anilines is 1. The highest BCUT2D eigenvalue weighted by molar-refractivity contribution is 7.22. The molecule has 1 fully saturated rings. The molecule has 2 heterocycles. The number of carbonyl (C=O) groups excluding carboxylic acids is 2. The SMILES string of the molecule is CCCOc1cccc(C(O)=C2C(=O)C(=O)N(c3nc4ccc(F)cc4s3)C2c2ccc(OCc3ccccc3)c(OC)c2)c1. The molecule has 6 rings (SSSR count). The zero-order chi connectivity index (χ0) is 31.5. The number of halogens is 1. The van der Waals surface area contributed by atoms with Crippen molar-refractivity contribution in [2.24, 2.45) is 0 Å². The zero-order valence-electron chi connectivity index (χ0n) is 24.5. The molecule has 0 spiro atoms. The molecular weight excluding hydrogens is 595 g/mol.